The molecule has 158 valence electrons. The van der Waals surface area contributed by atoms with Gasteiger partial charge in [-0.1, -0.05) is 42.5 Å². The number of esters is 2. The molecule has 2 aromatic carbocycles. The minimum atomic E-state index is -0.725. The molecule has 2 aromatic rings. The second-order valence-corrected chi connectivity index (χ2v) is 7.15. The van der Waals surface area contributed by atoms with Crippen molar-refractivity contribution in [2.75, 3.05) is 20.8 Å². The van der Waals surface area contributed by atoms with Crippen LogP contribution in [0, 0.1) is 0 Å². The molecule has 7 heteroatoms. The zero-order valence-corrected chi connectivity index (χ0v) is 17.4. The third kappa shape index (κ3) is 3.38. The van der Waals surface area contributed by atoms with Crippen LogP contribution in [-0.4, -0.2) is 38.5 Å². The number of fused-ring (bicyclic) bond motifs is 2. The zero-order valence-electron chi connectivity index (χ0n) is 17.4. The Bertz CT molecular complexity index is 1160. The summed E-state index contributed by atoms with van der Waals surface area (Å²) in [6, 6.07) is 14.3. The number of ether oxygens (including phenoxy) is 3. The summed E-state index contributed by atoms with van der Waals surface area (Å²) < 4.78 is 15.4. The topological polar surface area (TPSA) is 90.9 Å². The Morgan fingerprint density at radius 1 is 0.968 bits per heavy atom. The van der Waals surface area contributed by atoms with Gasteiger partial charge in [0.05, 0.1) is 31.4 Å². The van der Waals surface area contributed by atoms with Gasteiger partial charge in [-0.3, -0.25) is 4.79 Å². The summed E-state index contributed by atoms with van der Waals surface area (Å²) in [7, 11) is 2.58. The second kappa shape index (κ2) is 8.10. The summed E-state index contributed by atoms with van der Waals surface area (Å²) in [5.74, 6) is -1.60. The van der Waals surface area contributed by atoms with Crippen LogP contribution in [0.15, 0.2) is 65.4 Å². The first-order valence-electron chi connectivity index (χ1n) is 9.70. The predicted molar refractivity (Wildman–Crippen MR) is 112 cm³/mol. The lowest BCUT2D eigenvalue weighted by molar-refractivity contribution is -0.143. The van der Waals surface area contributed by atoms with Crippen molar-refractivity contribution >= 4 is 23.4 Å². The number of para-hydroxylation sites is 1. The molecular weight excluding hydrogens is 398 g/mol. The van der Waals surface area contributed by atoms with Gasteiger partial charge < -0.3 is 19.5 Å². The largest absolute Gasteiger partial charge is 0.482 e. The maximum absolute atomic E-state index is 13.4. The van der Waals surface area contributed by atoms with Gasteiger partial charge >= 0.3 is 11.9 Å². The van der Waals surface area contributed by atoms with Gasteiger partial charge in [-0.2, -0.15) is 0 Å². The van der Waals surface area contributed by atoms with Crippen molar-refractivity contribution in [2.24, 2.45) is 0 Å². The minimum absolute atomic E-state index is 0.167. The van der Waals surface area contributed by atoms with E-state index >= 15 is 0 Å². The average Bonchev–Trinajstić information content (AvgIpc) is 3.08. The zero-order chi connectivity index (χ0) is 22.1. The number of rotatable bonds is 5. The highest BCUT2D eigenvalue weighted by Gasteiger charge is 2.43. The number of hydrogen-bond donors (Lipinski definition) is 1. The van der Waals surface area contributed by atoms with E-state index in [9.17, 15) is 14.4 Å². The fraction of sp³-hybridized carbons (Fsp3) is 0.208. The first-order chi connectivity index (χ1) is 15.0. The average molecular weight is 419 g/mol. The van der Waals surface area contributed by atoms with Gasteiger partial charge in [0.1, 0.15) is 5.75 Å². The summed E-state index contributed by atoms with van der Waals surface area (Å²) in [5, 5.41) is 3.23. The summed E-state index contributed by atoms with van der Waals surface area (Å²) >= 11 is 0. The SMILES string of the molecule is COC(=O)COc1ccccc1[C@H]1C(C(=O)OC)=C(C)NC2=C1C(=O)c1ccccc12. The van der Waals surface area contributed by atoms with E-state index in [0.29, 0.717) is 39.4 Å². The lowest BCUT2D eigenvalue weighted by Gasteiger charge is -2.30. The fourth-order valence-corrected chi connectivity index (χ4v) is 4.07. The van der Waals surface area contributed by atoms with Crippen LogP contribution < -0.4 is 10.1 Å². The molecule has 0 spiro atoms. The number of methoxy groups -OCH3 is 2. The minimum Gasteiger partial charge on any atom is -0.482 e. The Hall–Kier alpha value is -3.87. The van der Waals surface area contributed by atoms with Crippen molar-refractivity contribution in [1.29, 1.82) is 0 Å². The number of dihydropyridines is 1. The molecule has 0 saturated carbocycles. The molecule has 4 rings (SSSR count). The number of ketones is 1. The van der Waals surface area contributed by atoms with Crippen molar-refractivity contribution in [3.63, 3.8) is 0 Å². The molecular formula is C24H21NO6. The van der Waals surface area contributed by atoms with Gasteiger partial charge in [0.2, 0.25) is 0 Å². The number of carbonyl (C=O) groups is 3. The van der Waals surface area contributed by atoms with Crippen molar-refractivity contribution in [3.05, 3.63) is 82.1 Å². The van der Waals surface area contributed by atoms with E-state index in [1.807, 2.05) is 12.1 Å². The van der Waals surface area contributed by atoms with E-state index in [-0.39, 0.29) is 12.4 Å². The molecule has 0 unspecified atom stereocenters. The number of carbonyl (C=O) groups excluding carboxylic acids is 3. The maximum Gasteiger partial charge on any atom is 0.343 e. The molecule has 1 aliphatic heterocycles. The number of nitrogens with one attached hydrogen (secondary N) is 1. The van der Waals surface area contributed by atoms with Crippen molar-refractivity contribution in [3.8, 4) is 5.75 Å². The van der Waals surface area contributed by atoms with Gasteiger partial charge in [-0.15, -0.1) is 0 Å². The Labute approximate surface area is 179 Å². The first kappa shape index (κ1) is 20.4. The molecule has 0 fully saturated rings. The summed E-state index contributed by atoms with van der Waals surface area (Å²) in [4.78, 5) is 37.8. The number of benzene rings is 2. The summed E-state index contributed by atoms with van der Waals surface area (Å²) in [5.41, 5.74) is 3.95. The summed E-state index contributed by atoms with van der Waals surface area (Å²) in [6.45, 7) is 1.47. The molecule has 1 N–H and O–H groups in total. The molecule has 0 saturated heterocycles. The molecule has 1 atom stereocenters. The van der Waals surface area contributed by atoms with Crippen LogP contribution in [0.5, 0.6) is 5.75 Å². The quantitative estimate of drug-likeness (QED) is 0.745. The third-order valence-corrected chi connectivity index (χ3v) is 5.46. The molecule has 2 aliphatic rings. The maximum atomic E-state index is 13.4. The molecule has 7 nitrogen and oxygen atoms in total. The Morgan fingerprint density at radius 2 is 1.65 bits per heavy atom. The predicted octanol–water partition coefficient (Wildman–Crippen LogP) is 2.98. The van der Waals surface area contributed by atoms with Gasteiger partial charge in [-0.25, -0.2) is 9.59 Å². The van der Waals surface area contributed by atoms with Crippen molar-refractivity contribution < 1.29 is 28.6 Å². The van der Waals surface area contributed by atoms with Gasteiger partial charge in [0.15, 0.2) is 12.4 Å². The Balaban J connectivity index is 1.89. The lowest BCUT2D eigenvalue weighted by Crippen LogP contribution is -2.29. The van der Waals surface area contributed by atoms with Crippen LogP contribution >= 0.6 is 0 Å². The van der Waals surface area contributed by atoms with E-state index in [1.54, 1.807) is 43.3 Å². The molecule has 1 aliphatic carbocycles. The highest BCUT2D eigenvalue weighted by atomic mass is 16.6. The van der Waals surface area contributed by atoms with Crippen molar-refractivity contribution in [2.45, 2.75) is 12.8 Å². The van der Waals surface area contributed by atoms with E-state index in [1.165, 1.54) is 14.2 Å². The highest BCUT2D eigenvalue weighted by molar-refractivity contribution is 6.23. The molecule has 0 bridgehead atoms. The fourth-order valence-electron chi connectivity index (χ4n) is 4.07. The normalized spacial score (nSPS) is 17.0. The monoisotopic (exact) mass is 419 g/mol. The Morgan fingerprint density at radius 3 is 2.35 bits per heavy atom. The second-order valence-electron chi connectivity index (χ2n) is 7.15. The Kier molecular flexibility index (Phi) is 5.33. The summed E-state index contributed by atoms with van der Waals surface area (Å²) in [6.07, 6.45) is 0. The van der Waals surface area contributed by atoms with Crippen molar-refractivity contribution in [1.82, 2.24) is 5.32 Å². The third-order valence-electron chi connectivity index (χ3n) is 5.46. The van der Waals surface area contributed by atoms with Crippen LogP contribution in [0.25, 0.3) is 5.70 Å². The molecule has 0 radical (unpaired) electrons. The van der Waals surface area contributed by atoms with E-state index in [2.05, 4.69) is 10.1 Å². The number of allylic oxidation sites excluding steroid dienone is 2. The first-order valence-corrected chi connectivity index (χ1v) is 9.70. The lowest BCUT2D eigenvalue weighted by atomic mass is 9.79. The number of Topliss-reactive ketones (excluding diaryl/α,β-unsaturated/α-hetero) is 1. The molecule has 31 heavy (non-hydrogen) atoms. The van der Waals surface area contributed by atoms with Crippen LogP contribution in [0.1, 0.15) is 34.3 Å². The standard InChI is InChI=1S/C24H21NO6/c1-13-19(24(28)30-3)20(16-10-6-7-11-17(16)31-12-18(26)29-2)21-22(25-13)14-8-4-5-9-15(14)23(21)27/h4-11,20,25H,12H2,1-3H3/t20-/m0/s1. The molecule has 0 aromatic heterocycles. The van der Waals surface area contributed by atoms with Gasteiger partial charge in [-0.05, 0) is 13.0 Å². The van der Waals surface area contributed by atoms with Crippen LogP contribution in [-0.2, 0) is 19.1 Å². The molecule has 0 amide bonds. The van der Waals surface area contributed by atoms with E-state index < -0.39 is 17.9 Å². The van der Waals surface area contributed by atoms with Gasteiger partial charge in [0.25, 0.3) is 0 Å². The number of hydrogen-bond acceptors (Lipinski definition) is 7. The van der Waals surface area contributed by atoms with Crippen LogP contribution in [0.4, 0.5) is 0 Å². The van der Waals surface area contributed by atoms with E-state index in [0.717, 1.165) is 5.56 Å². The van der Waals surface area contributed by atoms with Crippen LogP contribution in [0.2, 0.25) is 0 Å². The van der Waals surface area contributed by atoms with E-state index in [4.69, 9.17) is 9.47 Å². The highest BCUT2D eigenvalue weighted by Crippen LogP contribution is 2.48. The van der Waals surface area contributed by atoms with Gasteiger partial charge in [0, 0.05) is 28.0 Å². The molecule has 1 heterocycles. The smallest absolute Gasteiger partial charge is 0.343 e. The van der Waals surface area contributed by atoms with Crippen LogP contribution in [0.3, 0.4) is 0 Å².